The molecule has 0 radical (unpaired) electrons. The van der Waals surface area contributed by atoms with Gasteiger partial charge in [0.2, 0.25) is 0 Å². The molecule has 4 aromatic rings. The summed E-state index contributed by atoms with van der Waals surface area (Å²) in [6.07, 6.45) is 5.55. The minimum Gasteiger partial charge on any atom is -0.489 e. The van der Waals surface area contributed by atoms with E-state index in [1.54, 1.807) is 0 Å². The summed E-state index contributed by atoms with van der Waals surface area (Å²) >= 11 is 0. The van der Waals surface area contributed by atoms with Crippen LogP contribution in [0.25, 0.3) is 11.3 Å². The zero-order valence-corrected chi connectivity index (χ0v) is 23.7. The molecule has 1 fully saturated rings. The molecule has 3 aromatic heterocycles. The summed E-state index contributed by atoms with van der Waals surface area (Å²) in [7, 11) is 0. The molecule has 0 atom stereocenters. The van der Waals surface area contributed by atoms with E-state index in [4.69, 9.17) is 9.84 Å². The van der Waals surface area contributed by atoms with Gasteiger partial charge in [0, 0.05) is 23.4 Å². The van der Waals surface area contributed by atoms with Crippen molar-refractivity contribution in [2.24, 2.45) is 0 Å². The van der Waals surface area contributed by atoms with Gasteiger partial charge in [0.05, 0.1) is 23.7 Å². The fraction of sp³-hybridized carbons (Fsp3) is 0.467. The number of anilines is 1. The van der Waals surface area contributed by atoms with E-state index in [0.29, 0.717) is 5.82 Å². The number of nitrogens with one attached hydrogen (secondary N) is 2. The van der Waals surface area contributed by atoms with Crippen LogP contribution < -0.4 is 15.4 Å². The predicted molar refractivity (Wildman–Crippen MR) is 153 cm³/mol. The van der Waals surface area contributed by atoms with E-state index >= 15 is 0 Å². The Bertz CT molecular complexity index is 1440. The lowest BCUT2D eigenvalue weighted by Gasteiger charge is -2.29. The number of benzene rings is 1. The molecule has 3 heterocycles. The average molecular weight is 530 g/mol. The van der Waals surface area contributed by atoms with Crippen molar-refractivity contribution in [2.75, 3.05) is 5.32 Å². The number of carbonyl (C=O) groups is 1. The molecule has 1 aliphatic rings. The molecule has 0 spiro atoms. The lowest BCUT2D eigenvalue weighted by molar-refractivity contribution is 0.140. The summed E-state index contributed by atoms with van der Waals surface area (Å²) in [5.41, 5.74) is 3.68. The lowest BCUT2D eigenvalue weighted by atomic mass is 9.92. The SMILES string of the molecule is Cc1ccc(-n2nc(C(C)(C)C)cc2NC(=O)NC2CCC(Oc3ccc4nnc(C(C)C)n4c3)CC2)cc1. The Labute approximate surface area is 230 Å². The van der Waals surface area contributed by atoms with E-state index in [0.717, 1.165) is 54.3 Å². The number of hydrogen-bond donors (Lipinski definition) is 2. The van der Waals surface area contributed by atoms with E-state index in [1.807, 2.05) is 57.7 Å². The number of aryl methyl sites for hydroxylation is 1. The fourth-order valence-corrected chi connectivity index (χ4v) is 4.93. The van der Waals surface area contributed by atoms with Crippen LogP contribution in [0.4, 0.5) is 10.6 Å². The number of urea groups is 1. The van der Waals surface area contributed by atoms with Crippen LogP contribution in [0.2, 0.25) is 0 Å². The number of carbonyl (C=O) groups excluding carboxylic acids is 1. The van der Waals surface area contributed by atoms with Crippen LogP contribution in [0.1, 0.15) is 83.3 Å². The number of pyridine rings is 1. The highest BCUT2D eigenvalue weighted by atomic mass is 16.5. The molecule has 9 nitrogen and oxygen atoms in total. The summed E-state index contributed by atoms with van der Waals surface area (Å²) in [5, 5.41) is 19.6. The third-order valence-electron chi connectivity index (χ3n) is 7.23. The van der Waals surface area contributed by atoms with Gasteiger partial charge in [0.1, 0.15) is 17.4 Å². The normalized spacial score (nSPS) is 17.9. The molecule has 2 N–H and O–H groups in total. The first-order chi connectivity index (χ1) is 18.6. The van der Waals surface area contributed by atoms with Crippen LogP contribution in [-0.2, 0) is 5.41 Å². The number of rotatable bonds is 6. The monoisotopic (exact) mass is 529 g/mol. The molecular formula is C30H39N7O2. The predicted octanol–water partition coefficient (Wildman–Crippen LogP) is 6.16. The molecule has 1 aromatic carbocycles. The Morgan fingerprint density at radius 2 is 1.74 bits per heavy atom. The molecule has 9 heteroatoms. The first-order valence-corrected chi connectivity index (χ1v) is 13.8. The minimum atomic E-state index is -0.215. The van der Waals surface area contributed by atoms with Crippen LogP contribution in [0.15, 0.2) is 48.7 Å². The smallest absolute Gasteiger partial charge is 0.320 e. The van der Waals surface area contributed by atoms with Gasteiger partial charge in [0.25, 0.3) is 0 Å². The van der Waals surface area contributed by atoms with Gasteiger partial charge in [-0.1, -0.05) is 52.3 Å². The Morgan fingerprint density at radius 3 is 2.41 bits per heavy atom. The maximum atomic E-state index is 13.0. The second kappa shape index (κ2) is 10.7. The number of aromatic nitrogens is 5. The highest BCUT2D eigenvalue weighted by Gasteiger charge is 2.26. The van der Waals surface area contributed by atoms with Crippen LogP contribution >= 0.6 is 0 Å². The Kier molecular flexibility index (Phi) is 7.34. The first kappa shape index (κ1) is 26.7. The van der Waals surface area contributed by atoms with Crippen molar-refractivity contribution in [2.45, 2.75) is 90.7 Å². The summed E-state index contributed by atoms with van der Waals surface area (Å²) in [6.45, 7) is 12.6. The maximum Gasteiger partial charge on any atom is 0.320 e. The lowest BCUT2D eigenvalue weighted by Crippen LogP contribution is -2.42. The molecule has 206 valence electrons. The van der Waals surface area contributed by atoms with Crippen LogP contribution in [-0.4, -0.2) is 42.6 Å². The molecule has 5 rings (SSSR count). The molecule has 0 aliphatic heterocycles. The van der Waals surface area contributed by atoms with Gasteiger partial charge < -0.3 is 10.1 Å². The quantitative estimate of drug-likeness (QED) is 0.312. The number of amides is 2. The van der Waals surface area contributed by atoms with Gasteiger partial charge >= 0.3 is 6.03 Å². The molecule has 39 heavy (non-hydrogen) atoms. The maximum absolute atomic E-state index is 13.0. The van der Waals surface area contributed by atoms with Crippen molar-refractivity contribution in [1.82, 2.24) is 29.7 Å². The highest BCUT2D eigenvalue weighted by molar-refractivity contribution is 5.89. The van der Waals surface area contributed by atoms with Gasteiger partial charge in [-0.05, 0) is 56.9 Å². The summed E-state index contributed by atoms with van der Waals surface area (Å²) in [4.78, 5) is 13.0. The molecule has 1 aliphatic carbocycles. The van der Waals surface area contributed by atoms with Gasteiger partial charge in [0.15, 0.2) is 5.65 Å². The Morgan fingerprint density at radius 1 is 1.03 bits per heavy atom. The van der Waals surface area contributed by atoms with Crippen molar-refractivity contribution in [1.29, 1.82) is 0 Å². The van der Waals surface area contributed by atoms with Crippen molar-refractivity contribution >= 4 is 17.5 Å². The van der Waals surface area contributed by atoms with Crippen molar-refractivity contribution in [3.8, 4) is 11.4 Å². The topological polar surface area (TPSA) is 98.4 Å². The summed E-state index contributed by atoms with van der Waals surface area (Å²) < 4.78 is 10.1. The molecule has 1 saturated carbocycles. The van der Waals surface area contributed by atoms with Gasteiger partial charge in [-0.3, -0.25) is 9.72 Å². The average Bonchev–Trinajstić information content (AvgIpc) is 3.50. The number of nitrogens with zero attached hydrogens (tertiary/aromatic N) is 5. The van der Waals surface area contributed by atoms with E-state index in [2.05, 4.69) is 62.4 Å². The third-order valence-corrected chi connectivity index (χ3v) is 7.23. The Balaban J connectivity index is 1.19. The third kappa shape index (κ3) is 6.08. The second-order valence-corrected chi connectivity index (χ2v) is 11.9. The standard InChI is InChI=1S/C30H39N7O2/c1-19(2)28-34-33-26-16-15-24(18-36(26)28)39-23-13-9-21(10-14-23)31-29(38)32-27-17-25(30(4,5)6)35-37(27)22-11-7-20(3)8-12-22/h7-8,11-12,15-19,21,23H,9-10,13-14H2,1-6H3,(H2,31,32,38). The fourth-order valence-electron chi connectivity index (χ4n) is 4.93. The van der Waals surface area contributed by atoms with Crippen molar-refractivity contribution in [3.63, 3.8) is 0 Å². The Hall–Kier alpha value is -3.88. The first-order valence-electron chi connectivity index (χ1n) is 13.8. The molecular weight excluding hydrogens is 490 g/mol. The van der Waals surface area contributed by atoms with Gasteiger partial charge in [-0.25, -0.2) is 9.48 Å². The summed E-state index contributed by atoms with van der Waals surface area (Å²) in [6, 6.07) is 13.9. The van der Waals surface area contributed by atoms with Crippen LogP contribution in [0.3, 0.4) is 0 Å². The van der Waals surface area contributed by atoms with E-state index in [1.165, 1.54) is 5.56 Å². The molecule has 0 bridgehead atoms. The van der Waals surface area contributed by atoms with Crippen molar-refractivity contribution < 1.29 is 9.53 Å². The van der Waals surface area contributed by atoms with Crippen LogP contribution in [0, 0.1) is 6.92 Å². The largest absolute Gasteiger partial charge is 0.489 e. The molecule has 0 saturated heterocycles. The van der Waals surface area contributed by atoms with E-state index in [-0.39, 0.29) is 29.5 Å². The highest BCUT2D eigenvalue weighted by Crippen LogP contribution is 2.28. The molecule has 0 unspecified atom stereocenters. The molecule has 2 amide bonds. The minimum absolute atomic E-state index is 0.0931. The van der Waals surface area contributed by atoms with Gasteiger partial charge in [-0.15, -0.1) is 10.2 Å². The van der Waals surface area contributed by atoms with Gasteiger partial charge in [-0.2, -0.15) is 5.10 Å². The second-order valence-electron chi connectivity index (χ2n) is 11.9. The summed E-state index contributed by atoms with van der Waals surface area (Å²) in [5.74, 6) is 2.67. The number of ether oxygens (including phenoxy) is 1. The zero-order chi connectivity index (χ0) is 27.7. The van der Waals surface area contributed by atoms with E-state index in [9.17, 15) is 4.79 Å². The van der Waals surface area contributed by atoms with Crippen molar-refractivity contribution in [3.05, 3.63) is 65.7 Å². The van der Waals surface area contributed by atoms with E-state index < -0.39 is 0 Å². The number of fused-ring (bicyclic) bond motifs is 1. The number of hydrogen-bond acceptors (Lipinski definition) is 5. The zero-order valence-electron chi connectivity index (χ0n) is 23.7. The van der Waals surface area contributed by atoms with Crippen LogP contribution in [0.5, 0.6) is 5.75 Å².